The molecule has 0 fully saturated rings. The Morgan fingerprint density at radius 3 is 2.52 bits per heavy atom. The number of nitrogens with zero attached hydrogens (tertiary/aromatic N) is 1. The summed E-state index contributed by atoms with van der Waals surface area (Å²) in [6.45, 7) is 5.79. The van der Waals surface area contributed by atoms with Gasteiger partial charge >= 0.3 is 0 Å². The number of aliphatic imine (C=N–C) groups is 1. The highest BCUT2D eigenvalue weighted by atomic mass is 127. The van der Waals surface area contributed by atoms with Crippen LogP contribution in [0.5, 0.6) is 5.75 Å². The molecule has 158 valence electrons. The minimum absolute atomic E-state index is 0. The number of hydrogen-bond acceptors (Lipinski definition) is 3. The van der Waals surface area contributed by atoms with E-state index < -0.39 is 5.91 Å². The van der Waals surface area contributed by atoms with Crippen molar-refractivity contribution in [2.45, 2.75) is 26.2 Å². The summed E-state index contributed by atoms with van der Waals surface area (Å²) in [7, 11) is 1.78. The van der Waals surface area contributed by atoms with Gasteiger partial charge in [-0.05, 0) is 42.5 Å². The lowest BCUT2D eigenvalue weighted by Gasteiger charge is -2.17. The van der Waals surface area contributed by atoms with Gasteiger partial charge < -0.3 is 21.1 Å². The summed E-state index contributed by atoms with van der Waals surface area (Å²) in [6.07, 6.45) is 0.851. The molecule has 1 atom stereocenters. The third kappa shape index (κ3) is 9.17. The van der Waals surface area contributed by atoms with Crippen LogP contribution in [0.25, 0.3) is 0 Å². The van der Waals surface area contributed by atoms with Crippen LogP contribution in [0.1, 0.15) is 29.5 Å². The van der Waals surface area contributed by atoms with Crippen LogP contribution in [0.4, 0.5) is 0 Å². The first-order valence-corrected chi connectivity index (χ1v) is 9.49. The molecule has 0 spiro atoms. The molecule has 0 radical (unpaired) electrons. The molecule has 0 saturated heterocycles. The summed E-state index contributed by atoms with van der Waals surface area (Å²) in [6, 6.07) is 16.2. The Bertz CT molecular complexity index is 794. The Morgan fingerprint density at radius 1 is 1.17 bits per heavy atom. The van der Waals surface area contributed by atoms with Gasteiger partial charge in [-0.15, -0.1) is 24.0 Å². The van der Waals surface area contributed by atoms with Crippen LogP contribution in [-0.4, -0.2) is 38.6 Å². The summed E-state index contributed by atoms with van der Waals surface area (Å²) in [5.41, 5.74) is 8.84. The van der Waals surface area contributed by atoms with E-state index in [0.29, 0.717) is 11.7 Å². The van der Waals surface area contributed by atoms with Crippen LogP contribution in [0.2, 0.25) is 0 Å². The minimum Gasteiger partial charge on any atom is -0.484 e. The van der Waals surface area contributed by atoms with E-state index >= 15 is 0 Å². The van der Waals surface area contributed by atoms with Crippen LogP contribution < -0.4 is 21.1 Å². The molecular formula is C22H31IN4O2. The van der Waals surface area contributed by atoms with Gasteiger partial charge in [0.25, 0.3) is 5.91 Å². The number of nitrogens with two attached hydrogens (primary N) is 1. The highest BCUT2D eigenvalue weighted by Gasteiger charge is 2.07. The van der Waals surface area contributed by atoms with Crippen molar-refractivity contribution in [1.82, 2.24) is 10.6 Å². The molecule has 0 heterocycles. The average Bonchev–Trinajstić information content (AvgIpc) is 2.69. The molecule has 2 aromatic rings. The van der Waals surface area contributed by atoms with E-state index in [4.69, 9.17) is 10.5 Å². The van der Waals surface area contributed by atoms with Crippen molar-refractivity contribution in [3.8, 4) is 5.75 Å². The van der Waals surface area contributed by atoms with Crippen LogP contribution in [0, 0.1) is 6.92 Å². The number of nitrogens with one attached hydrogen (secondary N) is 2. The molecule has 29 heavy (non-hydrogen) atoms. The zero-order valence-corrected chi connectivity index (χ0v) is 19.6. The number of carbonyl (C=O) groups excluding carboxylic acids is 1. The predicted molar refractivity (Wildman–Crippen MR) is 129 cm³/mol. The Morgan fingerprint density at radius 2 is 1.90 bits per heavy atom. The van der Waals surface area contributed by atoms with Crippen LogP contribution in [0.15, 0.2) is 53.5 Å². The van der Waals surface area contributed by atoms with E-state index in [2.05, 4.69) is 53.7 Å². The first kappa shape index (κ1) is 24.7. The second-order valence-corrected chi connectivity index (χ2v) is 6.84. The van der Waals surface area contributed by atoms with Gasteiger partial charge in [0.15, 0.2) is 12.6 Å². The highest BCUT2D eigenvalue weighted by molar-refractivity contribution is 14.0. The van der Waals surface area contributed by atoms with Crippen molar-refractivity contribution in [2.24, 2.45) is 10.7 Å². The molecule has 2 rings (SSSR count). The number of hydrogen-bond donors (Lipinski definition) is 3. The van der Waals surface area contributed by atoms with E-state index in [1.54, 1.807) is 7.05 Å². The van der Waals surface area contributed by atoms with E-state index in [9.17, 15) is 4.79 Å². The van der Waals surface area contributed by atoms with Crippen molar-refractivity contribution in [1.29, 1.82) is 0 Å². The number of amides is 1. The number of rotatable bonds is 9. The molecule has 4 N–H and O–H groups in total. The van der Waals surface area contributed by atoms with Crippen LogP contribution >= 0.6 is 24.0 Å². The van der Waals surface area contributed by atoms with Crippen molar-refractivity contribution in [2.75, 3.05) is 26.7 Å². The average molecular weight is 510 g/mol. The maximum Gasteiger partial charge on any atom is 0.255 e. The zero-order valence-electron chi connectivity index (χ0n) is 17.3. The lowest BCUT2D eigenvalue weighted by atomic mass is 9.99. The number of halogens is 1. The van der Waals surface area contributed by atoms with Gasteiger partial charge in [-0.1, -0.05) is 48.9 Å². The topological polar surface area (TPSA) is 88.7 Å². The number of aryl methyl sites for hydroxylation is 1. The van der Waals surface area contributed by atoms with Crippen molar-refractivity contribution < 1.29 is 9.53 Å². The smallest absolute Gasteiger partial charge is 0.255 e. The van der Waals surface area contributed by atoms with E-state index in [-0.39, 0.29) is 30.6 Å². The molecule has 1 unspecified atom stereocenters. The predicted octanol–water partition coefficient (Wildman–Crippen LogP) is 2.99. The SMILES string of the molecule is CN=C(NCCc1ccc(OCC(N)=O)cc1)NCC(C)c1cccc(C)c1.I. The fourth-order valence-electron chi connectivity index (χ4n) is 2.80. The van der Waals surface area contributed by atoms with Gasteiger partial charge in [-0.25, -0.2) is 0 Å². The second-order valence-electron chi connectivity index (χ2n) is 6.84. The second kappa shape index (κ2) is 13.0. The van der Waals surface area contributed by atoms with Crippen LogP contribution in [0.3, 0.4) is 0 Å². The van der Waals surface area contributed by atoms with Crippen LogP contribution in [-0.2, 0) is 11.2 Å². The number of carbonyl (C=O) groups is 1. The summed E-state index contributed by atoms with van der Waals surface area (Å²) < 4.78 is 5.26. The number of ether oxygens (including phenoxy) is 1. The molecule has 1 amide bonds. The third-order valence-corrected chi connectivity index (χ3v) is 4.42. The Hall–Kier alpha value is -2.29. The van der Waals surface area contributed by atoms with E-state index in [1.807, 2.05) is 24.3 Å². The largest absolute Gasteiger partial charge is 0.484 e. The molecule has 6 nitrogen and oxygen atoms in total. The Balaban J connectivity index is 0.00000420. The number of benzene rings is 2. The normalized spacial score (nSPS) is 11.9. The molecule has 0 saturated carbocycles. The molecule has 7 heteroatoms. The first-order chi connectivity index (χ1) is 13.5. The molecule has 0 bridgehead atoms. The minimum atomic E-state index is -0.483. The van der Waals surface area contributed by atoms with E-state index in [0.717, 1.165) is 25.5 Å². The zero-order chi connectivity index (χ0) is 20.4. The lowest BCUT2D eigenvalue weighted by molar-refractivity contribution is -0.119. The van der Waals surface area contributed by atoms with Crippen molar-refractivity contribution in [3.63, 3.8) is 0 Å². The summed E-state index contributed by atoms with van der Waals surface area (Å²) >= 11 is 0. The molecule has 2 aromatic carbocycles. The summed E-state index contributed by atoms with van der Waals surface area (Å²) in [5, 5.41) is 6.72. The van der Waals surface area contributed by atoms with Gasteiger partial charge in [0.05, 0.1) is 0 Å². The Kier molecular flexibility index (Phi) is 11.1. The van der Waals surface area contributed by atoms with Gasteiger partial charge in [-0.2, -0.15) is 0 Å². The molecule has 0 aromatic heterocycles. The molecule has 0 aliphatic rings. The standard InChI is InChI=1S/C22H30N4O2.HI/c1-16-5-4-6-19(13-16)17(2)14-26-22(24-3)25-12-11-18-7-9-20(10-8-18)28-15-21(23)27;/h4-10,13,17H,11-12,14-15H2,1-3H3,(H2,23,27)(H2,24,25,26);1H. The lowest BCUT2D eigenvalue weighted by Crippen LogP contribution is -2.39. The molecular weight excluding hydrogens is 479 g/mol. The first-order valence-electron chi connectivity index (χ1n) is 9.49. The Labute approximate surface area is 190 Å². The maximum atomic E-state index is 10.7. The summed E-state index contributed by atoms with van der Waals surface area (Å²) in [5.74, 6) is 1.34. The quantitative estimate of drug-likeness (QED) is 0.275. The number of guanidine groups is 1. The van der Waals surface area contributed by atoms with Crippen molar-refractivity contribution in [3.05, 3.63) is 65.2 Å². The molecule has 0 aliphatic heterocycles. The summed E-state index contributed by atoms with van der Waals surface area (Å²) in [4.78, 5) is 15.0. The monoisotopic (exact) mass is 510 g/mol. The fraction of sp³-hybridized carbons (Fsp3) is 0.364. The van der Waals surface area contributed by atoms with Gasteiger partial charge in [0.1, 0.15) is 5.75 Å². The highest BCUT2D eigenvalue weighted by Crippen LogP contribution is 2.15. The number of primary amides is 1. The van der Waals surface area contributed by atoms with Gasteiger partial charge in [0, 0.05) is 20.1 Å². The van der Waals surface area contributed by atoms with Gasteiger partial charge in [0.2, 0.25) is 0 Å². The van der Waals surface area contributed by atoms with E-state index in [1.165, 1.54) is 16.7 Å². The fourth-order valence-corrected chi connectivity index (χ4v) is 2.80. The van der Waals surface area contributed by atoms with Crippen molar-refractivity contribution >= 4 is 35.8 Å². The maximum absolute atomic E-state index is 10.7. The van der Waals surface area contributed by atoms with Gasteiger partial charge in [-0.3, -0.25) is 9.79 Å². The third-order valence-electron chi connectivity index (χ3n) is 4.42. The molecule has 0 aliphatic carbocycles.